The molecule has 1 fully saturated rings. The standard InChI is InChI=1S/C31H28FN5O2S/c1-36-14-11-21(12-15-36)20-7-9-22(10-8-20)24-18-27-25(17-26(24)32)30(39)37(19-34-27)28(23-5-3-2-4-6-23)29(38)35-31-33-13-16-40-31/h2-10,13,16-19,21,28H,11-12,14-15H2,1H3,(H,33,35,38). The molecule has 5 aromatic rings. The molecule has 0 spiro atoms. The first kappa shape index (κ1) is 26.0. The van der Waals surface area contributed by atoms with Crippen molar-refractivity contribution in [3.63, 3.8) is 0 Å². The fourth-order valence-corrected chi connectivity index (χ4v) is 5.90. The van der Waals surface area contributed by atoms with Crippen LogP contribution in [-0.4, -0.2) is 45.5 Å². The Morgan fingerprint density at radius 2 is 1.80 bits per heavy atom. The second-order valence-electron chi connectivity index (χ2n) is 10.1. The van der Waals surface area contributed by atoms with E-state index in [1.165, 1.54) is 33.9 Å². The van der Waals surface area contributed by atoms with Crippen molar-refractivity contribution in [2.75, 3.05) is 25.5 Å². The highest BCUT2D eigenvalue weighted by Gasteiger charge is 2.26. The first-order valence-corrected chi connectivity index (χ1v) is 14.1. The van der Waals surface area contributed by atoms with E-state index in [2.05, 4.69) is 39.4 Å². The number of aromatic nitrogens is 3. The molecule has 9 heteroatoms. The molecule has 0 saturated carbocycles. The van der Waals surface area contributed by atoms with Crippen molar-refractivity contribution >= 4 is 33.3 Å². The van der Waals surface area contributed by atoms with Crippen LogP contribution in [0.15, 0.2) is 89.4 Å². The Labute approximate surface area is 235 Å². The first-order valence-electron chi connectivity index (χ1n) is 13.2. The van der Waals surface area contributed by atoms with E-state index in [0.29, 0.717) is 27.7 Å². The number of likely N-dealkylation sites (tertiary alicyclic amines) is 1. The highest BCUT2D eigenvalue weighted by Crippen LogP contribution is 2.31. The smallest absolute Gasteiger partial charge is 0.262 e. The number of piperidine rings is 1. The van der Waals surface area contributed by atoms with Crippen LogP contribution in [0.25, 0.3) is 22.0 Å². The maximum Gasteiger partial charge on any atom is 0.262 e. The molecule has 1 saturated heterocycles. The SMILES string of the molecule is CN1CCC(c2ccc(-c3cc4ncn(C(C(=O)Nc5nccs5)c5ccccc5)c(=O)c4cc3F)cc2)CC1. The summed E-state index contributed by atoms with van der Waals surface area (Å²) >= 11 is 1.28. The van der Waals surface area contributed by atoms with Crippen LogP contribution >= 0.6 is 11.3 Å². The van der Waals surface area contributed by atoms with Crippen LogP contribution in [0.3, 0.4) is 0 Å². The van der Waals surface area contributed by atoms with Crippen molar-refractivity contribution < 1.29 is 9.18 Å². The summed E-state index contributed by atoms with van der Waals surface area (Å²) in [6.07, 6.45) is 5.17. The molecule has 1 aliphatic heterocycles. The second kappa shape index (κ2) is 11.1. The Morgan fingerprint density at radius 3 is 2.50 bits per heavy atom. The Morgan fingerprint density at radius 1 is 1.05 bits per heavy atom. The molecule has 3 heterocycles. The van der Waals surface area contributed by atoms with Gasteiger partial charge in [0.15, 0.2) is 5.13 Å². The van der Waals surface area contributed by atoms with E-state index in [4.69, 9.17) is 0 Å². The topological polar surface area (TPSA) is 80.1 Å². The zero-order valence-electron chi connectivity index (χ0n) is 22.0. The lowest BCUT2D eigenvalue weighted by Gasteiger charge is -2.29. The van der Waals surface area contributed by atoms with E-state index in [9.17, 15) is 9.59 Å². The van der Waals surface area contributed by atoms with Crippen LogP contribution in [0.2, 0.25) is 0 Å². The van der Waals surface area contributed by atoms with Crippen molar-refractivity contribution in [1.82, 2.24) is 19.4 Å². The third kappa shape index (κ3) is 5.17. The Bertz CT molecular complexity index is 1700. The van der Waals surface area contributed by atoms with Crippen molar-refractivity contribution in [3.8, 4) is 11.1 Å². The van der Waals surface area contributed by atoms with Crippen LogP contribution in [0.5, 0.6) is 0 Å². The number of carbonyl (C=O) groups excluding carboxylic acids is 1. The molecule has 1 atom stereocenters. The van der Waals surface area contributed by atoms with Gasteiger partial charge >= 0.3 is 0 Å². The van der Waals surface area contributed by atoms with Crippen LogP contribution in [0.1, 0.15) is 35.9 Å². The van der Waals surface area contributed by atoms with E-state index < -0.39 is 23.3 Å². The molecule has 0 bridgehead atoms. The van der Waals surface area contributed by atoms with Crippen LogP contribution in [-0.2, 0) is 4.79 Å². The summed E-state index contributed by atoms with van der Waals surface area (Å²) < 4.78 is 16.7. The molecule has 1 N–H and O–H groups in total. The van der Waals surface area contributed by atoms with E-state index in [-0.39, 0.29) is 5.39 Å². The predicted molar refractivity (Wildman–Crippen MR) is 156 cm³/mol. The summed E-state index contributed by atoms with van der Waals surface area (Å²) in [7, 11) is 2.14. The monoisotopic (exact) mass is 553 g/mol. The average molecular weight is 554 g/mol. The summed E-state index contributed by atoms with van der Waals surface area (Å²) in [5.74, 6) is -0.442. The number of thiazole rings is 1. The Kier molecular flexibility index (Phi) is 7.23. The number of benzene rings is 3. The van der Waals surface area contributed by atoms with E-state index in [1.54, 1.807) is 41.9 Å². The van der Waals surface area contributed by atoms with Gasteiger partial charge in [0.05, 0.1) is 17.2 Å². The molecule has 7 nitrogen and oxygen atoms in total. The fourth-order valence-electron chi connectivity index (χ4n) is 5.37. The summed E-state index contributed by atoms with van der Waals surface area (Å²) in [6.45, 7) is 2.15. The number of nitrogens with one attached hydrogen (secondary N) is 1. The first-order chi connectivity index (χ1) is 19.5. The molecule has 202 valence electrons. The number of nitrogens with zero attached hydrogens (tertiary/aromatic N) is 4. The van der Waals surface area contributed by atoms with Crippen molar-refractivity contribution in [3.05, 3.63) is 112 Å². The minimum absolute atomic E-state index is 0.106. The highest BCUT2D eigenvalue weighted by molar-refractivity contribution is 7.13. The molecule has 1 amide bonds. The lowest BCUT2D eigenvalue weighted by atomic mass is 9.88. The van der Waals surface area contributed by atoms with E-state index in [1.807, 2.05) is 18.2 Å². The van der Waals surface area contributed by atoms with Crippen molar-refractivity contribution in [2.24, 2.45) is 0 Å². The van der Waals surface area contributed by atoms with Gasteiger partial charge in [0.2, 0.25) is 0 Å². The molecule has 2 aromatic heterocycles. The summed E-state index contributed by atoms with van der Waals surface area (Å²) in [5, 5.41) is 5.05. The van der Waals surface area contributed by atoms with Crippen molar-refractivity contribution in [2.45, 2.75) is 24.8 Å². The van der Waals surface area contributed by atoms with Gasteiger partial charge in [-0.15, -0.1) is 11.3 Å². The number of hydrogen-bond donors (Lipinski definition) is 1. The molecule has 0 radical (unpaired) electrons. The molecule has 1 unspecified atom stereocenters. The minimum Gasteiger partial charge on any atom is -0.306 e. The van der Waals surface area contributed by atoms with E-state index in [0.717, 1.165) is 31.5 Å². The molecule has 0 aliphatic carbocycles. The van der Waals surface area contributed by atoms with Crippen LogP contribution in [0, 0.1) is 5.82 Å². The summed E-state index contributed by atoms with van der Waals surface area (Å²) in [6, 6.07) is 18.8. The maximum atomic E-state index is 15.5. The maximum absolute atomic E-state index is 15.5. The quantitative estimate of drug-likeness (QED) is 0.292. The van der Waals surface area contributed by atoms with Gasteiger partial charge in [-0.05, 0) is 67.7 Å². The third-order valence-corrected chi connectivity index (χ3v) is 8.28. The molecular formula is C31H28FN5O2S. The number of amides is 1. The normalized spacial score (nSPS) is 15.2. The molecular weight excluding hydrogens is 525 g/mol. The van der Waals surface area contributed by atoms with E-state index >= 15 is 4.39 Å². The number of halogens is 1. The number of rotatable bonds is 6. The largest absolute Gasteiger partial charge is 0.306 e. The minimum atomic E-state index is -1.01. The van der Waals surface area contributed by atoms with Gasteiger partial charge in [-0.1, -0.05) is 54.6 Å². The second-order valence-corrected chi connectivity index (χ2v) is 11.0. The molecule has 1 aliphatic rings. The Balaban J connectivity index is 1.35. The zero-order valence-corrected chi connectivity index (χ0v) is 22.8. The van der Waals surface area contributed by atoms with Gasteiger partial charge in [0, 0.05) is 17.1 Å². The molecule has 6 rings (SSSR count). The summed E-state index contributed by atoms with van der Waals surface area (Å²) in [5.41, 5.74) is 2.84. The van der Waals surface area contributed by atoms with Crippen LogP contribution in [0.4, 0.5) is 9.52 Å². The fraction of sp³-hybridized carbons (Fsp3) is 0.226. The van der Waals surface area contributed by atoms with Gasteiger partial charge in [-0.3, -0.25) is 19.5 Å². The van der Waals surface area contributed by atoms with Gasteiger partial charge < -0.3 is 4.90 Å². The number of hydrogen-bond acceptors (Lipinski definition) is 6. The predicted octanol–water partition coefficient (Wildman–Crippen LogP) is 5.70. The lowest BCUT2D eigenvalue weighted by molar-refractivity contribution is -0.118. The number of fused-ring (bicyclic) bond motifs is 1. The van der Waals surface area contributed by atoms with Gasteiger partial charge in [-0.2, -0.15) is 0 Å². The van der Waals surface area contributed by atoms with Gasteiger partial charge in [0.1, 0.15) is 11.9 Å². The molecule has 40 heavy (non-hydrogen) atoms. The van der Waals surface area contributed by atoms with Crippen LogP contribution < -0.4 is 10.9 Å². The molecule has 3 aromatic carbocycles. The third-order valence-electron chi connectivity index (χ3n) is 7.59. The Hall–Kier alpha value is -4.21. The van der Waals surface area contributed by atoms with Gasteiger partial charge in [0.25, 0.3) is 11.5 Å². The van der Waals surface area contributed by atoms with Crippen molar-refractivity contribution in [1.29, 1.82) is 0 Å². The number of anilines is 1. The summed E-state index contributed by atoms with van der Waals surface area (Å²) in [4.78, 5) is 38.0. The lowest BCUT2D eigenvalue weighted by Crippen LogP contribution is -2.34. The zero-order chi connectivity index (χ0) is 27.6. The highest BCUT2D eigenvalue weighted by atomic mass is 32.1. The average Bonchev–Trinajstić information content (AvgIpc) is 3.49. The number of carbonyl (C=O) groups is 1. The van der Waals surface area contributed by atoms with Gasteiger partial charge in [-0.25, -0.2) is 14.4 Å².